The normalized spacial score (nSPS) is 17.1. The fourth-order valence-electron chi connectivity index (χ4n) is 1.20. The molecular weight excluding hydrogens is 224 g/mol. The Labute approximate surface area is 108 Å². The molecule has 7 heteroatoms. The van der Waals surface area contributed by atoms with Gasteiger partial charge in [-0.3, -0.25) is 4.79 Å². The zero-order valence-corrected chi connectivity index (χ0v) is 9.82. The van der Waals surface area contributed by atoms with Gasteiger partial charge in [-0.2, -0.15) is 4.99 Å². The topological polar surface area (TPSA) is 125 Å². The van der Waals surface area contributed by atoms with Gasteiger partial charge < -0.3 is 21.4 Å². The number of carbonyl (C=O) groups excluding carboxylic acids is 1. The van der Waals surface area contributed by atoms with Gasteiger partial charge in [-0.1, -0.05) is 30.3 Å². The molecule has 2 rings (SSSR count). The number of nitrogens with zero attached hydrogens (tertiary/aromatic N) is 1. The Morgan fingerprint density at radius 3 is 2.19 bits per heavy atom. The standard InChI is InChI=1S/C9H8N2O2.Mg.2H2O/c10-9-11-8(12)7(13-9)6-4-2-1-3-5-6;;;/h1-5,7H,(H2,10,11,12);;2*1H2/q;+2;;/p-2. The van der Waals surface area contributed by atoms with Gasteiger partial charge in [0.25, 0.3) is 11.9 Å². The molecule has 0 spiro atoms. The molecule has 6 nitrogen and oxygen atoms in total. The third-order valence-electron chi connectivity index (χ3n) is 1.79. The first-order valence-electron chi connectivity index (χ1n) is 3.87. The third kappa shape index (κ3) is 3.45. The first-order chi connectivity index (χ1) is 6.27. The van der Waals surface area contributed by atoms with Crippen molar-refractivity contribution in [2.45, 2.75) is 6.10 Å². The fraction of sp³-hybridized carbons (Fsp3) is 0.111. The van der Waals surface area contributed by atoms with Gasteiger partial charge in [0.15, 0.2) is 0 Å². The van der Waals surface area contributed by atoms with Crippen LogP contribution in [0, 0.1) is 0 Å². The molecule has 1 aromatic carbocycles. The number of benzene rings is 1. The van der Waals surface area contributed by atoms with Crippen molar-refractivity contribution in [1.82, 2.24) is 0 Å². The summed E-state index contributed by atoms with van der Waals surface area (Å²) in [6, 6.07) is 9.08. The van der Waals surface area contributed by atoms with Gasteiger partial charge in [-0.15, -0.1) is 0 Å². The SMILES string of the molecule is NC1=NC(=O)C(c2ccccc2)O1.[Mg+2].[OH-].[OH-]. The zero-order valence-electron chi connectivity index (χ0n) is 8.41. The van der Waals surface area contributed by atoms with Crippen LogP contribution >= 0.6 is 0 Å². The van der Waals surface area contributed by atoms with Crippen LogP contribution in [0.15, 0.2) is 35.3 Å². The molecule has 0 saturated heterocycles. The van der Waals surface area contributed by atoms with Crippen LogP contribution in [0.3, 0.4) is 0 Å². The van der Waals surface area contributed by atoms with E-state index in [4.69, 9.17) is 10.5 Å². The maximum Gasteiger partial charge on any atom is 2.00 e. The van der Waals surface area contributed by atoms with E-state index in [0.717, 1.165) is 5.56 Å². The molecule has 0 aliphatic carbocycles. The Morgan fingerprint density at radius 1 is 1.19 bits per heavy atom. The molecule has 1 atom stereocenters. The predicted octanol–water partition coefficient (Wildman–Crippen LogP) is -0.135. The minimum atomic E-state index is -0.652. The Balaban J connectivity index is 0. The van der Waals surface area contributed by atoms with Gasteiger partial charge in [0.1, 0.15) is 0 Å². The maximum absolute atomic E-state index is 11.2. The monoisotopic (exact) mass is 234 g/mol. The molecule has 1 aromatic rings. The third-order valence-corrected chi connectivity index (χ3v) is 1.79. The summed E-state index contributed by atoms with van der Waals surface area (Å²) in [5, 5.41) is 0. The summed E-state index contributed by atoms with van der Waals surface area (Å²) in [5.74, 6) is -0.344. The van der Waals surface area contributed by atoms with E-state index < -0.39 is 6.10 Å². The number of rotatable bonds is 1. The first kappa shape index (κ1) is 17.2. The predicted molar refractivity (Wildman–Crippen MR) is 56.5 cm³/mol. The second-order valence-electron chi connectivity index (χ2n) is 2.70. The maximum atomic E-state index is 11.2. The molecule has 1 aliphatic heterocycles. The van der Waals surface area contributed by atoms with E-state index in [1.807, 2.05) is 18.2 Å². The minimum Gasteiger partial charge on any atom is -0.870 e. The molecule has 0 aromatic heterocycles. The van der Waals surface area contributed by atoms with E-state index in [1.54, 1.807) is 12.1 Å². The summed E-state index contributed by atoms with van der Waals surface area (Å²) in [4.78, 5) is 14.7. The van der Waals surface area contributed by atoms with Crippen molar-refractivity contribution in [2.24, 2.45) is 10.7 Å². The van der Waals surface area contributed by atoms with Crippen LogP contribution in [0.25, 0.3) is 0 Å². The van der Waals surface area contributed by atoms with Crippen LogP contribution in [-0.4, -0.2) is 45.9 Å². The minimum absolute atomic E-state index is 0. The number of aliphatic imine (C=N–C) groups is 1. The Hall–Kier alpha value is -1.15. The average Bonchev–Trinajstić information content (AvgIpc) is 2.47. The van der Waals surface area contributed by atoms with Crippen molar-refractivity contribution in [3.8, 4) is 0 Å². The van der Waals surface area contributed by atoms with Crippen LogP contribution in [0.2, 0.25) is 0 Å². The van der Waals surface area contributed by atoms with Crippen molar-refractivity contribution in [2.75, 3.05) is 0 Å². The molecule has 0 radical (unpaired) electrons. The average molecular weight is 234 g/mol. The molecular formula is C9H10MgN2O4. The van der Waals surface area contributed by atoms with Crippen molar-refractivity contribution < 1.29 is 20.5 Å². The second kappa shape index (κ2) is 7.17. The van der Waals surface area contributed by atoms with E-state index in [1.165, 1.54) is 0 Å². The van der Waals surface area contributed by atoms with Crippen LogP contribution in [-0.2, 0) is 9.53 Å². The fourth-order valence-corrected chi connectivity index (χ4v) is 1.20. The van der Waals surface area contributed by atoms with E-state index in [9.17, 15) is 4.79 Å². The van der Waals surface area contributed by atoms with E-state index in [0.29, 0.717) is 0 Å². The van der Waals surface area contributed by atoms with Crippen LogP contribution in [0.4, 0.5) is 0 Å². The summed E-state index contributed by atoms with van der Waals surface area (Å²) < 4.78 is 5.04. The van der Waals surface area contributed by atoms with Crippen molar-refractivity contribution in [3.05, 3.63) is 35.9 Å². The molecule has 1 heterocycles. The number of amidine groups is 1. The molecule has 82 valence electrons. The van der Waals surface area contributed by atoms with Crippen molar-refractivity contribution >= 4 is 35.0 Å². The van der Waals surface area contributed by atoms with Gasteiger partial charge in [-0.25, -0.2) is 0 Å². The largest absolute Gasteiger partial charge is 2.00 e. The van der Waals surface area contributed by atoms with Crippen LogP contribution in [0.5, 0.6) is 0 Å². The number of hydrogen-bond acceptors (Lipinski definition) is 5. The number of hydrogen-bond donors (Lipinski definition) is 1. The molecule has 1 aliphatic rings. The molecule has 0 fully saturated rings. The summed E-state index contributed by atoms with van der Waals surface area (Å²) >= 11 is 0. The van der Waals surface area contributed by atoms with E-state index in [2.05, 4.69) is 4.99 Å². The quantitative estimate of drug-likeness (QED) is 0.677. The number of carbonyl (C=O) groups is 1. The van der Waals surface area contributed by atoms with E-state index in [-0.39, 0.29) is 45.9 Å². The Morgan fingerprint density at radius 2 is 1.75 bits per heavy atom. The number of amides is 1. The number of nitrogens with two attached hydrogens (primary N) is 1. The van der Waals surface area contributed by atoms with Gasteiger partial charge >= 0.3 is 23.1 Å². The molecule has 0 bridgehead atoms. The van der Waals surface area contributed by atoms with Crippen LogP contribution in [0.1, 0.15) is 11.7 Å². The smallest absolute Gasteiger partial charge is 0.870 e. The molecule has 1 amide bonds. The molecule has 1 unspecified atom stereocenters. The summed E-state index contributed by atoms with van der Waals surface area (Å²) in [6.45, 7) is 0. The Kier molecular flexibility index (Phi) is 7.73. The second-order valence-corrected chi connectivity index (χ2v) is 2.70. The van der Waals surface area contributed by atoms with Gasteiger partial charge in [0.05, 0.1) is 0 Å². The zero-order chi connectivity index (χ0) is 9.26. The molecule has 0 saturated carbocycles. The van der Waals surface area contributed by atoms with Gasteiger partial charge in [-0.05, 0) is 0 Å². The molecule has 4 N–H and O–H groups in total. The van der Waals surface area contributed by atoms with Gasteiger partial charge in [0.2, 0.25) is 6.10 Å². The summed E-state index contributed by atoms with van der Waals surface area (Å²) in [7, 11) is 0. The van der Waals surface area contributed by atoms with E-state index >= 15 is 0 Å². The summed E-state index contributed by atoms with van der Waals surface area (Å²) in [5.41, 5.74) is 6.03. The Bertz CT molecular complexity index is 369. The molecule has 16 heavy (non-hydrogen) atoms. The van der Waals surface area contributed by atoms with Crippen molar-refractivity contribution in [3.63, 3.8) is 0 Å². The summed E-state index contributed by atoms with van der Waals surface area (Å²) in [6.07, 6.45) is -0.652. The van der Waals surface area contributed by atoms with Gasteiger partial charge in [0, 0.05) is 5.56 Å². The number of ether oxygens (including phenoxy) is 1. The van der Waals surface area contributed by atoms with Crippen molar-refractivity contribution in [1.29, 1.82) is 0 Å². The first-order valence-corrected chi connectivity index (χ1v) is 3.87. The van der Waals surface area contributed by atoms with Crippen LogP contribution < -0.4 is 5.73 Å².